The molecule has 0 fully saturated rings. The molecule has 0 radical (unpaired) electrons. The van der Waals surface area contributed by atoms with E-state index in [2.05, 4.69) is 4.99 Å². The summed E-state index contributed by atoms with van der Waals surface area (Å²) in [5, 5.41) is 9.24. The summed E-state index contributed by atoms with van der Waals surface area (Å²) in [5.41, 5.74) is 1.48. The second kappa shape index (κ2) is 6.88. The fourth-order valence-electron chi connectivity index (χ4n) is 2.68. The number of sulfone groups is 1. The maximum Gasteiger partial charge on any atom is 0.320 e. The second-order valence-corrected chi connectivity index (χ2v) is 8.01. The van der Waals surface area contributed by atoms with Crippen LogP contribution in [0.3, 0.4) is 0 Å². The van der Waals surface area contributed by atoms with Gasteiger partial charge in [-0.25, -0.2) is 17.8 Å². The molecular formula is C19H14FNO5S. The van der Waals surface area contributed by atoms with Gasteiger partial charge in [-0.15, -0.1) is 0 Å². The Kier molecular flexibility index (Phi) is 4.75. The van der Waals surface area contributed by atoms with Crippen molar-refractivity contribution in [3.05, 3.63) is 71.6 Å². The van der Waals surface area contributed by atoms with E-state index < -0.39 is 33.4 Å². The molecule has 1 N–H and O–H groups in total. The minimum absolute atomic E-state index is 0.102. The first-order valence-corrected chi connectivity index (χ1v) is 9.70. The molecule has 0 aliphatic carbocycles. The van der Waals surface area contributed by atoms with E-state index in [1.54, 1.807) is 0 Å². The lowest BCUT2D eigenvalue weighted by molar-refractivity contribution is -0.143. The first-order chi connectivity index (χ1) is 12.7. The highest BCUT2D eigenvalue weighted by Gasteiger charge is 2.31. The van der Waals surface area contributed by atoms with Crippen molar-refractivity contribution in [2.45, 2.75) is 4.90 Å². The SMILES string of the molecule is CS(=O)(=O)c1ccc(C2=NC(=O)C(C(=O)O)C=C2c2ccc(F)cc2)cc1. The number of hydrogen-bond donors (Lipinski definition) is 1. The first-order valence-electron chi connectivity index (χ1n) is 7.81. The van der Waals surface area contributed by atoms with Gasteiger partial charge in [-0.2, -0.15) is 0 Å². The van der Waals surface area contributed by atoms with Crippen molar-refractivity contribution in [1.82, 2.24) is 0 Å². The zero-order valence-corrected chi connectivity index (χ0v) is 14.9. The van der Waals surface area contributed by atoms with Crippen LogP contribution in [0, 0.1) is 11.7 Å². The van der Waals surface area contributed by atoms with Crippen LogP contribution in [0.5, 0.6) is 0 Å². The molecule has 1 heterocycles. The molecule has 0 bridgehead atoms. The zero-order valence-electron chi connectivity index (χ0n) is 14.1. The number of dihydropyridines is 1. The molecule has 2 aromatic carbocycles. The minimum Gasteiger partial charge on any atom is -0.480 e. The van der Waals surface area contributed by atoms with Crippen molar-refractivity contribution in [3.63, 3.8) is 0 Å². The third-order valence-corrected chi connectivity index (χ3v) is 5.18. The van der Waals surface area contributed by atoms with Crippen LogP contribution < -0.4 is 0 Å². The molecule has 0 aromatic heterocycles. The number of rotatable bonds is 4. The summed E-state index contributed by atoms with van der Waals surface area (Å²) in [6.07, 6.45) is 2.34. The van der Waals surface area contributed by atoms with Gasteiger partial charge >= 0.3 is 5.97 Å². The van der Waals surface area contributed by atoms with Gasteiger partial charge < -0.3 is 5.11 Å². The summed E-state index contributed by atoms with van der Waals surface area (Å²) < 4.78 is 36.5. The van der Waals surface area contributed by atoms with Crippen molar-refractivity contribution in [2.75, 3.05) is 6.26 Å². The summed E-state index contributed by atoms with van der Waals surface area (Å²) in [6, 6.07) is 11.1. The molecule has 1 unspecified atom stereocenters. The largest absolute Gasteiger partial charge is 0.480 e. The lowest BCUT2D eigenvalue weighted by Crippen LogP contribution is -2.26. The van der Waals surface area contributed by atoms with Crippen LogP contribution in [0.4, 0.5) is 4.39 Å². The molecule has 1 amide bonds. The Morgan fingerprint density at radius 1 is 1.04 bits per heavy atom. The van der Waals surface area contributed by atoms with E-state index >= 15 is 0 Å². The molecule has 0 saturated heterocycles. The van der Waals surface area contributed by atoms with Crippen LogP contribution in [0.2, 0.25) is 0 Å². The van der Waals surface area contributed by atoms with E-state index in [0.717, 1.165) is 6.26 Å². The van der Waals surface area contributed by atoms with E-state index in [9.17, 15) is 27.5 Å². The van der Waals surface area contributed by atoms with Crippen LogP contribution in [-0.2, 0) is 19.4 Å². The van der Waals surface area contributed by atoms with Crippen molar-refractivity contribution in [2.24, 2.45) is 10.9 Å². The van der Waals surface area contributed by atoms with Crippen LogP contribution in [-0.4, -0.2) is 37.4 Å². The molecule has 3 rings (SSSR count). The second-order valence-electron chi connectivity index (χ2n) is 6.00. The van der Waals surface area contributed by atoms with Crippen LogP contribution in [0.15, 0.2) is 64.5 Å². The van der Waals surface area contributed by atoms with E-state index in [0.29, 0.717) is 16.7 Å². The van der Waals surface area contributed by atoms with Crippen LogP contribution in [0.25, 0.3) is 5.57 Å². The average molecular weight is 387 g/mol. The Balaban J connectivity index is 2.12. The molecule has 8 heteroatoms. The predicted molar refractivity (Wildman–Crippen MR) is 96.6 cm³/mol. The van der Waals surface area contributed by atoms with Gasteiger partial charge in [0.25, 0.3) is 5.91 Å². The number of carboxylic acids is 1. The summed E-state index contributed by atoms with van der Waals surface area (Å²) in [7, 11) is -3.39. The highest BCUT2D eigenvalue weighted by molar-refractivity contribution is 7.90. The smallest absolute Gasteiger partial charge is 0.320 e. The molecule has 0 saturated carbocycles. The normalized spacial score (nSPS) is 17.3. The number of carboxylic acid groups (broad SMARTS) is 1. The fraction of sp³-hybridized carbons (Fsp3) is 0.105. The van der Waals surface area contributed by atoms with Crippen molar-refractivity contribution >= 4 is 33.0 Å². The Morgan fingerprint density at radius 3 is 2.11 bits per heavy atom. The Morgan fingerprint density at radius 2 is 1.59 bits per heavy atom. The number of nitrogens with zero attached hydrogens (tertiary/aromatic N) is 1. The van der Waals surface area contributed by atoms with Gasteiger partial charge in [0, 0.05) is 17.4 Å². The lowest BCUT2D eigenvalue weighted by atomic mass is 9.89. The third-order valence-electron chi connectivity index (χ3n) is 4.05. The standard InChI is InChI=1S/C19H14FNO5S/c1-27(25,26)14-8-4-12(5-9-14)17-15(11-2-6-13(20)7-3-11)10-16(19(23)24)18(22)21-17/h2-10,16H,1H3,(H,23,24). The Bertz CT molecular complexity index is 1080. The van der Waals surface area contributed by atoms with E-state index in [1.165, 1.54) is 54.6 Å². The molecule has 138 valence electrons. The van der Waals surface area contributed by atoms with Gasteiger partial charge in [-0.3, -0.25) is 9.59 Å². The van der Waals surface area contributed by atoms with Gasteiger partial charge in [0.15, 0.2) is 15.8 Å². The number of hydrogen-bond acceptors (Lipinski definition) is 4. The van der Waals surface area contributed by atoms with Crippen molar-refractivity contribution in [3.8, 4) is 0 Å². The zero-order chi connectivity index (χ0) is 19.8. The molecule has 1 aliphatic rings. The minimum atomic E-state index is -3.39. The van der Waals surface area contributed by atoms with Crippen molar-refractivity contribution in [1.29, 1.82) is 0 Å². The quantitative estimate of drug-likeness (QED) is 0.812. The van der Waals surface area contributed by atoms with E-state index in [1.807, 2.05) is 0 Å². The number of halogens is 1. The summed E-state index contributed by atoms with van der Waals surface area (Å²) in [5.74, 6) is -4.08. The molecule has 27 heavy (non-hydrogen) atoms. The fourth-order valence-corrected chi connectivity index (χ4v) is 3.31. The van der Waals surface area contributed by atoms with Crippen LogP contribution in [0.1, 0.15) is 11.1 Å². The molecule has 1 atom stereocenters. The summed E-state index contributed by atoms with van der Waals surface area (Å²) in [4.78, 5) is 27.5. The van der Waals surface area contributed by atoms with Gasteiger partial charge in [0.2, 0.25) is 0 Å². The lowest BCUT2D eigenvalue weighted by Gasteiger charge is -2.19. The number of aliphatic imine (C=N–C) groups is 1. The molecule has 0 spiro atoms. The molecular weight excluding hydrogens is 373 g/mol. The van der Waals surface area contributed by atoms with E-state index in [4.69, 9.17) is 0 Å². The van der Waals surface area contributed by atoms with Gasteiger partial charge in [0.05, 0.1) is 10.6 Å². The monoisotopic (exact) mass is 387 g/mol. The van der Waals surface area contributed by atoms with Gasteiger partial charge in [-0.1, -0.05) is 30.3 Å². The molecule has 2 aromatic rings. The van der Waals surface area contributed by atoms with Crippen LogP contribution >= 0.6 is 0 Å². The number of carbonyl (C=O) groups excluding carboxylic acids is 1. The summed E-state index contributed by atoms with van der Waals surface area (Å²) in [6.45, 7) is 0. The Hall–Kier alpha value is -3.13. The topological polar surface area (TPSA) is 101 Å². The average Bonchev–Trinajstić information content (AvgIpc) is 2.61. The number of carbonyl (C=O) groups is 2. The number of benzene rings is 2. The van der Waals surface area contributed by atoms with Gasteiger partial charge in [-0.05, 0) is 29.8 Å². The van der Waals surface area contributed by atoms with Crippen molar-refractivity contribution < 1.29 is 27.5 Å². The highest BCUT2D eigenvalue weighted by Crippen LogP contribution is 2.28. The Labute approximate surface area is 154 Å². The third kappa shape index (κ3) is 3.85. The maximum atomic E-state index is 13.2. The highest BCUT2D eigenvalue weighted by atomic mass is 32.2. The number of allylic oxidation sites excluding steroid dienone is 1. The van der Waals surface area contributed by atoms with E-state index in [-0.39, 0.29) is 10.6 Å². The summed E-state index contributed by atoms with van der Waals surface area (Å²) >= 11 is 0. The maximum absolute atomic E-state index is 13.2. The molecule has 1 aliphatic heterocycles. The number of amides is 1. The number of aliphatic carboxylic acids is 1. The van der Waals surface area contributed by atoms with Gasteiger partial charge in [0.1, 0.15) is 5.82 Å². The predicted octanol–water partition coefficient (Wildman–Crippen LogP) is 2.34. The first kappa shape index (κ1) is 18.7. The molecule has 6 nitrogen and oxygen atoms in total.